The highest BCUT2D eigenvalue weighted by atomic mass is 79.9. The van der Waals surface area contributed by atoms with Crippen LogP contribution in [0.2, 0.25) is 0 Å². The van der Waals surface area contributed by atoms with Gasteiger partial charge < -0.3 is 15.5 Å². The summed E-state index contributed by atoms with van der Waals surface area (Å²) in [5, 5.41) is 0.805. The van der Waals surface area contributed by atoms with Crippen molar-refractivity contribution in [1.29, 1.82) is 0 Å². The van der Waals surface area contributed by atoms with Crippen molar-refractivity contribution in [2.45, 2.75) is 0 Å². The average molecular weight is 377 g/mol. The Labute approximate surface area is 140 Å². The summed E-state index contributed by atoms with van der Waals surface area (Å²) in [5.74, 6) is 0.0246. The molecule has 118 valence electrons. The van der Waals surface area contributed by atoms with Crippen molar-refractivity contribution in [3.63, 3.8) is 0 Å². The number of fused-ring (bicyclic) bond motifs is 1. The van der Waals surface area contributed by atoms with Crippen LogP contribution < -0.4 is 16.0 Å². The molecule has 0 aliphatic rings. The molecule has 0 aliphatic carbocycles. The third-order valence-electron chi connectivity index (χ3n) is 3.43. The second-order valence-electron chi connectivity index (χ2n) is 4.99. The summed E-state index contributed by atoms with van der Waals surface area (Å²) in [4.78, 5) is 15.1. The summed E-state index contributed by atoms with van der Waals surface area (Å²) in [6.45, 7) is 0.629. The van der Waals surface area contributed by atoms with Crippen LogP contribution in [0.1, 0.15) is 0 Å². The van der Waals surface area contributed by atoms with E-state index in [1.165, 1.54) is 12.1 Å². The molecule has 0 amide bonds. The number of hydrogen-bond donors (Lipinski definition) is 2. The number of H-pyrrole nitrogens is 1. The van der Waals surface area contributed by atoms with E-state index in [2.05, 4.69) is 20.9 Å². The maximum atomic E-state index is 13.4. The number of halogens is 2. The molecule has 0 bridgehead atoms. The minimum Gasteiger partial charge on any atom is -0.489 e. The molecule has 0 fully saturated rings. The third-order valence-corrected chi connectivity index (χ3v) is 3.96. The number of hydrogen-bond acceptors (Lipinski definition) is 3. The summed E-state index contributed by atoms with van der Waals surface area (Å²) < 4.78 is 20.1. The fraction of sp³-hybridized carbons (Fsp3) is 0.118. The van der Waals surface area contributed by atoms with E-state index in [1.54, 1.807) is 6.07 Å². The van der Waals surface area contributed by atoms with Gasteiger partial charge in [-0.25, -0.2) is 4.39 Å². The van der Waals surface area contributed by atoms with Crippen LogP contribution in [-0.4, -0.2) is 18.1 Å². The van der Waals surface area contributed by atoms with Gasteiger partial charge in [-0.05, 0) is 30.3 Å². The third kappa shape index (κ3) is 3.13. The van der Waals surface area contributed by atoms with Crippen LogP contribution in [0.5, 0.6) is 5.75 Å². The Morgan fingerprint density at radius 1 is 1.13 bits per heavy atom. The number of aromatic nitrogens is 1. The van der Waals surface area contributed by atoms with Crippen molar-refractivity contribution >= 4 is 26.7 Å². The lowest BCUT2D eigenvalue weighted by Crippen LogP contribution is -2.15. The summed E-state index contributed by atoms with van der Waals surface area (Å²) in [7, 11) is 0. The van der Waals surface area contributed by atoms with Gasteiger partial charge in [-0.2, -0.15) is 0 Å². The minimum atomic E-state index is -0.468. The molecule has 3 aromatic rings. The van der Waals surface area contributed by atoms with Crippen LogP contribution in [0.3, 0.4) is 0 Å². The molecule has 0 unspecified atom stereocenters. The first kappa shape index (κ1) is 15.7. The molecule has 0 atom stereocenters. The molecule has 3 rings (SSSR count). The van der Waals surface area contributed by atoms with Gasteiger partial charge in [0, 0.05) is 22.0 Å². The maximum absolute atomic E-state index is 13.4. The predicted octanol–water partition coefficient (Wildman–Crippen LogP) is 3.43. The van der Waals surface area contributed by atoms with E-state index in [0.717, 1.165) is 10.0 Å². The summed E-state index contributed by atoms with van der Waals surface area (Å²) in [6, 6.07) is 11.5. The zero-order chi connectivity index (χ0) is 16.4. The minimum absolute atomic E-state index is 0.248. The Morgan fingerprint density at radius 3 is 2.57 bits per heavy atom. The van der Waals surface area contributed by atoms with Crippen molar-refractivity contribution in [3.05, 3.63) is 63.1 Å². The van der Waals surface area contributed by atoms with E-state index in [-0.39, 0.29) is 10.9 Å². The lowest BCUT2D eigenvalue weighted by molar-refractivity contribution is 0.332. The second kappa shape index (κ2) is 6.52. The highest BCUT2D eigenvalue weighted by molar-refractivity contribution is 9.10. The van der Waals surface area contributed by atoms with E-state index in [9.17, 15) is 9.18 Å². The number of benzene rings is 2. The first-order valence-electron chi connectivity index (χ1n) is 7.04. The molecule has 0 saturated heterocycles. The molecule has 0 aliphatic heterocycles. The van der Waals surface area contributed by atoms with Gasteiger partial charge in [-0.15, -0.1) is 0 Å². The van der Waals surface area contributed by atoms with E-state index in [0.29, 0.717) is 30.0 Å². The Balaban J connectivity index is 2.29. The van der Waals surface area contributed by atoms with Crippen LogP contribution in [0, 0.1) is 5.82 Å². The average Bonchev–Trinajstić information content (AvgIpc) is 2.55. The first-order chi connectivity index (χ1) is 11.1. The number of nitrogens with two attached hydrogens (primary N) is 1. The molecule has 1 heterocycles. The van der Waals surface area contributed by atoms with Gasteiger partial charge in [0.15, 0.2) is 5.75 Å². The lowest BCUT2D eigenvalue weighted by atomic mass is 10.1. The monoisotopic (exact) mass is 376 g/mol. The molecule has 0 saturated carbocycles. The highest BCUT2D eigenvalue weighted by Crippen LogP contribution is 2.34. The summed E-state index contributed by atoms with van der Waals surface area (Å²) >= 11 is 3.38. The van der Waals surface area contributed by atoms with Crippen molar-refractivity contribution in [3.8, 4) is 17.0 Å². The van der Waals surface area contributed by atoms with Crippen LogP contribution in [-0.2, 0) is 0 Å². The molecule has 4 nitrogen and oxygen atoms in total. The normalized spacial score (nSPS) is 10.9. The quantitative estimate of drug-likeness (QED) is 0.732. The fourth-order valence-corrected chi connectivity index (χ4v) is 2.67. The number of rotatable bonds is 4. The molecule has 23 heavy (non-hydrogen) atoms. The van der Waals surface area contributed by atoms with Gasteiger partial charge in [0.05, 0.1) is 11.1 Å². The topological polar surface area (TPSA) is 68.1 Å². The molecular weight excluding hydrogens is 363 g/mol. The van der Waals surface area contributed by atoms with E-state index < -0.39 is 5.82 Å². The molecule has 6 heteroatoms. The van der Waals surface area contributed by atoms with Crippen molar-refractivity contribution < 1.29 is 9.13 Å². The van der Waals surface area contributed by atoms with E-state index in [1.807, 2.05) is 24.3 Å². The number of pyridine rings is 1. The number of ether oxygens (including phenoxy) is 1. The molecule has 0 spiro atoms. The lowest BCUT2D eigenvalue weighted by Gasteiger charge is -2.14. The largest absolute Gasteiger partial charge is 0.489 e. The van der Waals surface area contributed by atoms with Crippen molar-refractivity contribution in [1.82, 2.24) is 4.98 Å². The van der Waals surface area contributed by atoms with Gasteiger partial charge >= 0.3 is 0 Å². The van der Waals surface area contributed by atoms with E-state index >= 15 is 0 Å². The Kier molecular flexibility index (Phi) is 4.45. The summed E-state index contributed by atoms with van der Waals surface area (Å²) in [5.41, 5.74) is 6.50. The Hall–Kier alpha value is -2.18. The highest BCUT2D eigenvalue weighted by Gasteiger charge is 2.15. The molecule has 2 aromatic carbocycles. The standard InChI is InChI=1S/C17H14BrFN2O2/c18-11-3-1-10(2-4-11)15-16(23-8-7-20)13-6-5-12(19)9-14(13)17(22)21-15/h1-6,9H,7-8,20H2,(H,21,22). The smallest absolute Gasteiger partial charge is 0.256 e. The van der Waals surface area contributed by atoms with Gasteiger partial charge in [0.1, 0.15) is 12.4 Å². The second-order valence-corrected chi connectivity index (χ2v) is 5.91. The Morgan fingerprint density at radius 2 is 1.87 bits per heavy atom. The predicted molar refractivity (Wildman–Crippen MR) is 92.2 cm³/mol. The molecular formula is C17H14BrFN2O2. The fourth-order valence-electron chi connectivity index (χ4n) is 2.41. The molecule has 3 N–H and O–H groups in total. The van der Waals surface area contributed by atoms with Gasteiger partial charge in [0.2, 0.25) is 0 Å². The van der Waals surface area contributed by atoms with Gasteiger partial charge in [-0.1, -0.05) is 28.1 Å². The van der Waals surface area contributed by atoms with Crippen LogP contribution >= 0.6 is 15.9 Å². The van der Waals surface area contributed by atoms with Crippen LogP contribution in [0.25, 0.3) is 22.0 Å². The van der Waals surface area contributed by atoms with E-state index in [4.69, 9.17) is 10.5 Å². The SMILES string of the molecule is NCCOc1c(-c2ccc(Br)cc2)[nH]c(=O)c2cc(F)ccc12. The maximum Gasteiger partial charge on any atom is 0.256 e. The number of aromatic amines is 1. The zero-order valence-electron chi connectivity index (χ0n) is 12.1. The Bertz CT molecular complexity index is 907. The molecule has 0 radical (unpaired) electrons. The van der Waals surface area contributed by atoms with Crippen LogP contribution in [0.4, 0.5) is 4.39 Å². The summed E-state index contributed by atoms with van der Waals surface area (Å²) in [6.07, 6.45) is 0. The first-order valence-corrected chi connectivity index (χ1v) is 7.84. The zero-order valence-corrected chi connectivity index (χ0v) is 13.7. The van der Waals surface area contributed by atoms with Crippen molar-refractivity contribution in [2.75, 3.05) is 13.2 Å². The van der Waals surface area contributed by atoms with Gasteiger partial charge in [0.25, 0.3) is 5.56 Å². The van der Waals surface area contributed by atoms with Crippen molar-refractivity contribution in [2.24, 2.45) is 5.73 Å². The van der Waals surface area contributed by atoms with Gasteiger partial charge in [-0.3, -0.25) is 4.79 Å². The molecule has 1 aromatic heterocycles. The number of nitrogens with one attached hydrogen (secondary N) is 1. The van der Waals surface area contributed by atoms with Crippen LogP contribution in [0.15, 0.2) is 51.7 Å².